The van der Waals surface area contributed by atoms with Crippen LogP contribution in [0, 0.1) is 0 Å². The molecule has 1 N–H and O–H groups in total. The Hall–Kier alpha value is -1.35. The molecular weight excluding hydrogens is 248 g/mol. The highest BCUT2D eigenvalue weighted by molar-refractivity contribution is 5.76. The van der Waals surface area contributed by atoms with Crippen LogP contribution >= 0.6 is 0 Å². The maximum atomic E-state index is 12.4. The van der Waals surface area contributed by atoms with E-state index in [2.05, 4.69) is 41.4 Å². The summed E-state index contributed by atoms with van der Waals surface area (Å²) in [5, 5.41) is 3.35. The molecule has 1 aliphatic rings. The highest BCUT2D eigenvalue weighted by Gasteiger charge is 2.25. The molecule has 3 nitrogen and oxygen atoms in total. The van der Waals surface area contributed by atoms with Crippen molar-refractivity contribution in [2.75, 3.05) is 19.6 Å². The largest absolute Gasteiger partial charge is 0.338 e. The Morgan fingerprint density at radius 2 is 2.15 bits per heavy atom. The Labute approximate surface area is 122 Å². The van der Waals surface area contributed by atoms with E-state index in [-0.39, 0.29) is 0 Å². The van der Waals surface area contributed by atoms with Crippen molar-refractivity contribution in [3.05, 3.63) is 35.9 Å². The van der Waals surface area contributed by atoms with Crippen molar-refractivity contribution in [2.45, 2.75) is 45.1 Å². The Kier molecular flexibility index (Phi) is 6.06. The van der Waals surface area contributed by atoms with Crippen LogP contribution in [0.3, 0.4) is 0 Å². The maximum Gasteiger partial charge on any atom is 0.222 e. The topological polar surface area (TPSA) is 32.3 Å². The Morgan fingerprint density at radius 1 is 1.35 bits per heavy atom. The van der Waals surface area contributed by atoms with Gasteiger partial charge in [0.2, 0.25) is 5.91 Å². The molecule has 2 rings (SSSR count). The standard InChI is InChI=1S/C17H26N2O/c1-2-13-19(16-11-12-18-14-16)17(20)10-6-9-15-7-4-3-5-8-15/h3-5,7-8,16,18H,2,6,9-14H2,1H3. The first-order chi connectivity index (χ1) is 9.81. The normalized spacial score (nSPS) is 18.1. The molecule has 20 heavy (non-hydrogen) atoms. The van der Waals surface area contributed by atoms with Crippen LogP contribution in [0.1, 0.15) is 38.2 Å². The number of carbonyl (C=O) groups excluding carboxylic acids is 1. The van der Waals surface area contributed by atoms with Gasteiger partial charge in [-0.25, -0.2) is 0 Å². The minimum Gasteiger partial charge on any atom is -0.338 e. The van der Waals surface area contributed by atoms with E-state index in [0.717, 1.165) is 45.3 Å². The zero-order chi connectivity index (χ0) is 14.2. The van der Waals surface area contributed by atoms with E-state index in [9.17, 15) is 4.79 Å². The number of rotatable bonds is 7. The van der Waals surface area contributed by atoms with Crippen molar-refractivity contribution in [2.24, 2.45) is 0 Å². The maximum absolute atomic E-state index is 12.4. The predicted octanol–water partition coefficient (Wildman–Crippen LogP) is 2.61. The summed E-state index contributed by atoms with van der Waals surface area (Å²) in [7, 11) is 0. The summed E-state index contributed by atoms with van der Waals surface area (Å²) < 4.78 is 0. The van der Waals surface area contributed by atoms with Gasteiger partial charge in [0, 0.05) is 25.6 Å². The monoisotopic (exact) mass is 274 g/mol. The Bertz CT molecular complexity index is 399. The molecule has 0 aromatic heterocycles. The lowest BCUT2D eigenvalue weighted by atomic mass is 10.1. The third-order valence-corrected chi connectivity index (χ3v) is 3.96. The summed E-state index contributed by atoms with van der Waals surface area (Å²) >= 11 is 0. The van der Waals surface area contributed by atoms with Gasteiger partial charge in [0.25, 0.3) is 0 Å². The van der Waals surface area contributed by atoms with Crippen LogP contribution in [0.2, 0.25) is 0 Å². The molecule has 1 heterocycles. The number of hydrogen-bond acceptors (Lipinski definition) is 2. The fraction of sp³-hybridized carbons (Fsp3) is 0.588. The van der Waals surface area contributed by atoms with Crippen LogP contribution in [0.25, 0.3) is 0 Å². The van der Waals surface area contributed by atoms with Gasteiger partial charge in [-0.2, -0.15) is 0 Å². The summed E-state index contributed by atoms with van der Waals surface area (Å²) in [5.41, 5.74) is 1.32. The summed E-state index contributed by atoms with van der Waals surface area (Å²) in [6, 6.07) is 10.8. The van der Waals surface area contributed by atoms with E-state index in [1.54, 1.807) is 0 Å². The van der Waals surface area contributed by atoms with Crippen LogP contribution in [0.4, 0.5) is 0 Å². The van der Waals surface area contributed by atoms with E-state index >= 15 is 0 Å². The van der Waals surface area contributed by atoms with Gasteiger partial charge in [-0.3, -0.25) is 4.79 Å². The number of nitrogens with zero attached hydrogens (tertiary/aromatic N) is 1. The molecule has 1 amide bonds. The zero-order valence-corrected chi connectivity index (χ0v) is 12.5. The molecule has 1 aromatic carbocycles. The lowest BCUT2D eigenvalue weighted by Gasteiger charge is -2.28. The van der Waals surface area contributed by atoms with E-state index in [4.69, 9.17) is 0 Å². The number of nitrogens with one attached hydrogen (secondary N) is 1. The van der Waals surface area contributed by atoms with Crippen molar-refractivity contribution in [3.8, 4) is 0 Å². The van der Waals surface area contributed by atoms with Crippen LogP contribution in [-0.4, -0.2) is 36.5 Å². The molecule has 1 aliphatic heterocycles. The van der Waals surface area contributed by atoms with Gasteiger partial charge >= 0.3 is 0 Å². The fourth-order valence-electron chi connectivity index (χ4n) is 2.89. The van der Waals surface area contributed by atoms with Crippen molar-refractivity contribution in [1.29, 1.82) is 0 Å². The van der Waals surface area contributed by atoms with E-state index < -0.39 is 0 Å². The summed E-state index contributed by atoms with van der Waals surface area (Å²) in [6.07, 6.45) is 4.76. The summed E-state index contributed by atoms with van der Waals surface area (Å²) in [4.78, 5) is 14.5. The van der Waals surface area contributed by atoms with Crippen molar-refractivity contribution >= 4 is 5.91 Å². The Balaban J connectivity index is 1.79. The third kappa shape index (κ3) is 4.34. The predicted molar refractivity (Wildman–Crippen MR) is 82.7 cm³/mol. The zero-order valence-electron chi connectivity index (χ0n) is 12.5. The molecule has 0 saturated carbocycles. The highest BCUT2D eigenvalue weighted by Crippen LogP contribution is 2.13. The van der Waals surface area contributed by atoms with Crippen molar-refractivity contribution in [1.82, 2.24) is 10.2 Å². The number of benzene rings is 1. The van der Waals surface area contributed by atoms with Crippen LogP contribution in [0.5, 0.6) is 0 Å². The first-order valence-electron chi connectivity index (χ1n) is 7.85. The minimum atomic E-state index is 0.330. The van der Waals surface area contributed by atoms with Crippen molar-refractivity contribution in [3.63, 3.8) is 0 Å². The first-order valence-corrected chi connectivity index (χ1v) is 7.85. The lowest BCUT2D eigenvalue weighted by Crippen LogP contribution is -2.42. The smallest absolute Gasteiger partial charge is 0.222 e. The lowest BCUT2D eigenvalue weighted by molar-refractivity contribution is -0.133. The van der Waals surface area contributed by atoms with E-state index in [1.165, 1.54) is 5.56 Å². The molecule has 1 aromatic rings. The molecule has 0 aliphatic carbocycles. The molecule has 0 spiro atoms. The summed E-state index contributed by atoms with van der Waals surface area (Å²) in [6.45, 7) is 5.05. The number of hydrogen-bond donors (Lipinski definition) is 1. The highest BCUT2D eigenvalue weighted by atomic mass is 16.2. The Morgan fingerprint density at radius 3 is 2.80 bits per heavy atom. The van der Waals surface area contributed by atoms with Crippen LogP contribution in [0.15, 0.2) is 30.3 Å². The molecule has 1 atom stereocenters. The molecule has 1 fully saturated rings. The molecule has 3 heteroatoms. The van der Waals surface area contributed by atoms with Gasteiger partial charge in [0.05, 0.1) is 0 Å². The first kappa shape index (κ1) is 15.0. The van der Waals surface area contributed by atoms with Gasteiger partial charge < -0.3 is 10.2 Å². The second kappa shape index (κ2) is 8.05. The molecule has 1 saturated heterocycles. The van der Waals surface area contributed by atoms with Crippen molar-refractivity contribution < 1.29 is 4.79 Å². The molecule has 110 valence electrons. The number of amides is 1. The average molecular weight is 274 g/mol. The quantitative estimate of drug-likeness (QED) is 0.829. The SMILES string of the molecule is CCCN(C(=O)CCCc1ccccc1)C1CCNC1. The van der Waals surface area contributed by atoms with Crippen LogP contribution < -0.4 is 5.32 Å². The molecule has 1 unspecified atom stereocenters. The van der Waals surface area contributed by atoms with Gasteiger partial charge in [-0.15, -0.1) is 0 Å². The van der Waals surface area contributed by atoms with E-state index in [1.807, 2.05) is 6.07 Å². The minimum absolute atomic E-state index is 0.330. The molecule has 0 bridgehead atoms. The fourth-order valence-corrected chi connectivity index (χ4v) is 2.89. The molecule has 0 radical (unpaired) electrons. The molecular formula is C17H26N2O. The van der Waals surface area contributed by atoms with Gasteiger partial charge in [0.1, 0.15) is 0 Å². The van der Waals surface area contributed by atoms with Gasteiger partial charge in [-0.05, 0) is 37.8 Å². The second-order valence-corrected chi connectivity index (χ2v) is 5.57. The van der Waals surface area contributed by atoms with Crippen LogP contribution in [-0.2, 0) is 11.2 Å². The average Bonchev–Trinajstić information content (AvgIpc) is 2.99. The van der Waals surface area contributed by atoms with Gasteiger partial charge in [-0.1, -0.05) is 37.3 Å². The summed E-state index contributed by atoms with van der Waals surface area (Å²) in [5.74, 6) is 0.330. The van der Waals surface area contributed by atoms with E-state index in [0.29, 0.717) is 18.4 Å². The second-order valence-electron chi connectivity index (χ2n) is 5.57. The van der Waals surface area contributed by atoms with Gasteiger partial charge in [0.15, 0.2) is 0 Å². The number of carbonyl (C=O) groups is 1. The third-order valence-electron chi connectivity index (χ3n) is 3.96. The number of aryl methyl sites for hydroxylation is 1.